The number of aromatic nitrogens is 4. The monoisotopic (exact) mass is 407 g/mol. The second-order valence-electron chi connectivity index (χ2n) is 6.38. The molecule has 0 bridgehead atoms. The molecule has 2 aliphatic rings. The van der Waals surface area contributed by atoms with E-state index < -0.39 is 0 Å². The molecular weight excluding hydrogens is 386 g/mol. The molecule has 1 aliphatic heterocycles. The number of carbonyl (C=O) groups is 1. The number of hydrogen-bond donors (Lipinski definition) is 1. The van der Waals surface area contributed by atoms with Gasteiger partial charge in [-0.25, -0.2) is 4.68 Å². The maximum atomic E-state index is 12.5. The van der Waals surface area contributed by atoms with E-state index in [1.165, 1.54) is 24.6 Å². The van der Waals surface area contributed by atoms with E-state index in [1.54, 1.807) is 11.8 Å². The van der Waals surface area contributed by atoms with Crippen LogP contribution in [-0.2, 0) is 4.79 Å². The summed E-state index contributed by atoms with van der Waals surface area (Å²) in [5, 5.41) is 15.6. The number of hydrogen-bond acceptors (Lipinski definition) is 8. The molecule has 1 aliphatic carbocycles. The number of amides is 1. The fourth-order valence-corrected chi connectivity index (χ4v) is 4.61. The van der Waals surface area contributed by atoms with Gasteiger partial charge in [0.15, 0.2) is 11.5 Å². The van der Waals surface area contributed by atoms with E-state index in [2.05, 4.69) is 20.8 Å². The van der Waals surface area contributed by atoms with Crippen molar-refractivity contribution < 1.29 is 14.3 Å². The molecule has 1 aromatic heterocycles. The van der Waals surface area contributed by atoms with Crippen LogP contribution in [0.1, 0.15) is 31.7 Å². The highest BCUT2D eigenvalue weighted by molar-refractivity contribution is 7.99. The summed E-state index contributed by atoms with van der Waals surface area (Å²) in [6.45, 7) is 1.05. The molecule has 8 nitrogen and oxygen atoms in total. The van der Waals surface area contributed by atoms with Gasteiger partial charge in [0, 0.05) is 11.0 Å². The summed E-state index contributed by atoms with van der Waals surface area (Å²) in [6.07, 6.45) is 6.57. The summed E-state index contributed by atoms with van der Waals surface area (Å²) in [4.78, 5) is 13.4. The quantitative estimate of drug-likeness (QED) is 0.731. The Kier molecular flexibility index (Phi) is 5.72. The van der Waals surface area contributed by atoms with Gasteiger partial charge in [0.2, 0.25) is 11.1 Å². The third-order valence-electron chi connectivity index (χ3n) is 4.60. The molecule has 1 N–H and O–H groups in total. The number of anilines is 1. The van der Waals surface area contributed by atoms with Gasteiger partial charge in [-0.2, -0.15) is 0 Å². The summed E-state index contributed by atoms with van der Waals surface area (Å²) in [6, 6.07) is 4.08. The molecule has 0 saturated heterocycles. The standard InChI is InChI=1S/C17H21N5O3S2/c1-26-15-9-14-13(24-6-7-25-14)8-12(15)18-16(23)10-27-17-19-20-21-22(17)11-4-2-3-5-11/h8-9,11H,2-7,10H2,1H3,(H,18,23). The first kappa shape index (κ1) is 18.4. The number of ether oxygens (including phenoxy) is 2. The van der Waals surface area contributed by atoms with Gasteiger partial charge in [0.05, 0.1) is 17.5 Å². The molecule has 0 radical (unpaired) electrons. The van der Waals surface area contributed by atoms with Gasteiger partial charge < -0.3 is 14.8 Å². The first-order valence-corrected chi connectivity index (χ1v) is 11.1. The average molecular weight is 408 g/mol. The van der Waals surface area contributed by atoms with Crippen LogP contribution in [0.5, 0.6) is 11.5 Å². The molecular formula is C17H21N5O3S2. The van der Waals surface area contributed by atoms with Gasteiger partial charge in [0.1, 0.15) is 13.2 Å². The molecule has 10 heteroatoms. The fraction of sp³-hybridized carbons (Fsp3) is 0.529. The molecule has 144 valence electrons. The van der Waals surface area contributed by atoms with Crippen molar-refractivity contribution in [1.29, 1.82) is 0 Å². The smallest absolute Gasteiger partial charge is 0.234 e. The van der Waals surface area contributed by atoms with Crippen LogP contribution in [0.25, 0.3) is 0 Å². The van der Waals surface area contributed by atoms with Crippen LogP contribution in [0.2, 0.25) is 0 Å². The molecule has 0 unspecified atom stereocenters. The number of carbonyl (C=O) groups excluding carboxylic acids is 1. The van der Waals surface area contributed by atoms with Crippen molar-refractivity contribution in [2.75, 3.05) is 30.5 Å². The highest BCUT2D eigenvalue weighted by atomic mass is 32.2. The van der Waals surface area contributed by atoms with Crippen LogP contribution in [0, 0.1) is 0 Å². The highest BCUT2D eigenvalue weighted by Crippen LogP contribution is 2.39. The topological polar surface area (TPSA) is 91.2 Å². The molecule has 1 saturated carbocycles. The fourth-order valence-electron chi connectivity index (χ4n) is 3.31. The second kappa shape index (κ2) is 8.39. The van der Waals surface area contributed by atoms with Gasteiger partial charge in [-0.1, -0.05) is 24.6 Å². The minimum Gasteiger partial charge on any atom is -0.486 e. The third kappa shape index (κ3) is 4.16. The van der Waals surface area contributed by atoms with Crippen molar-refractivity contribution >= 4 is 35.1 Å². The number of tetrazole rings is 1. The molecule has 27 heavy (non-hydrogen) atoms. The first-order valence-electron chi connectivity index (χ1n) is 8.93. The molecule has 4 rings (SSSR count). The Labute approximate surface area is 165 Å². The van der Waals surface area contributed by atoms with Crippen molar-refractivity contribution in [2.45, 2.75) is 41.8 Å². The largest absolute Gasteiger partial charge is 0.486 e. The van der Waals surface area contributed by atoms with Gasteiger partial charge in [-0.15, -0.1) is 16.9 Å². The number of benzene rings is 1. The lowest BCUT2D eigenvalue weighted by molar-refractivity contribution is -0.113. The van der Waals surface area contributed by atoms with E-state index in [0.29, 0.717) is 35.9 Å². The van der Waals surface area contributed by atoms with E-state index >= 15 is 0 Å². The molecule has 2 aromatic rings. The lowest BCUT2D eigenvalue weighted by Crippen LogP contribution is -2.18. The van der Waals surface area contributed by atoms with Crippen molar-refractivity contribution in [3.05, 3.63) is 12.1 Å². The van der Waals surface area contributed by atoms with Crippen molar-refractivity contribution in [3.8, 4) is 11.5 Å². The zero-order valence-corrected chi connectivity index (χ0v) is 16.6. The molecule has 2 heterocycles. The molecule has 1 amide bonds. The van der Waals surface area contributed by atoms with Crippen molar-refractivity contribution in [1.82, 2.24) is 20.2 Å². The maximum Gasteiger partial charge on any atom is 0.234 e. The lowest BCUT2D eigenvalue weighted by Gasteiger charge is -2.21. The Morgan fingerprint density at radius 1 is 1.26 bits per heavy atom. The average Bonchev–Trinajstić information content (AvgIpc) is 3.37. The predicted molar refractivity (Wildman–Crippen MR) is 104 cm³/mol. The second-order valence-corrected chi connectivity index (χ2v) is 8.17. The van der Waals surface area contributed by atoms with Crippen LogP contribution in [-0.4, -0.2) is 51.3 Å². The molecule has 0 atom stereocenters. The number of nitrogens with one attached hydrogen (secondary N) is 1. The molecule has 1 aromatic carbocycles. The minimum absolute atomic E-state index is 0.104. The Bertz CT molecular complexity index is 823. The zero-order chi connectivity index (χ0) is 18.6. The minimum atomic E-state index is -0.104. The predicted octanol–water partition coefficient (Wildman–Crippen LogP) is 3.01. The van der Waals surface area contributed by atoms with Crippen LogP contribution < -0.4 is 14.8 Å². The van der Waals surface area contributed by atoms with Gasteiger partial charge in [-0.3, -0.25) is 4.79 Å². The zero-order valence-electron chi connectivity index (χ0n) is 15.0. The van der Waals surface area contributed by atoms with E-state index in [1.807, 2.05) is 23.1 Å². The summed E-state index contributed by atoms with van der Waals surface area (Å²) in [7, 11) is 0. The first-order chi connectivity index (χ1) is 13.2. The van der Waals surface area contributed by atoms with Gasteiger partial charge in [0.25, 0.3) is 0 Å². The van der Waals surface area contributed by atoms with E-state index in [9.17, 15) is 4.79 Å². The summed E-state index contributed by atoms with van der Waals surface area (Å²) in [5.74, 6) is 1.52. The third-order valence-corrected chi connectivity index (χ3v) is 6.31. The number of rotatable bonds is 6. The Morgan fingerprint density at radius 3 is 2.74 bits per heavy atom. The van der Waals surface area contributed by atoms with Crippen molar-refractivity contribution in [2.24, 2.45) is 0 Å². The van der Waals surface area contributed by atoms with E-state index in [4.69, 9.17) is 9.47 Å². The summed E-state index contributed by atoms with van der Waals surface area (Å²) >= 11 is 2.91. The maximum absolute atomic E-state index is 12.5. The lowest BCUT2D eigenvalue weighted by atomic mass is 10.2. The molecule has 1 fully saturated rings. The number of fused-ring (bicyclic) bond motifs is 1. The van der Waals surface area contributed by atoms with Crippen LogP contribution >= 0.6 is 23.5 Å². The van der Waals surface area contributed by atoms with Gasteiger partial charge >= 0.3 is 0 Å². The molecule has 0 spiro atoms. The summed E-state index contributed by atoms with van der Waals surface area (Å²) < 4.78 is 13.1. The van der Waals surface area contributed by atoms with E-state index in [-0.39, 0.29) is 11.7 Å². The Balaban J connectivity index is 1.41. The summed E-state index contributed by atoms with van der Waals surface area (Å²) in [5.41, 5.74) is 0.729. The Hall–Kier alpha value is -1.94. The normalized spacial score (nSPS) is 16.5. The number of thioether (sulfide) groups is 2. The van der Waals surface area contributed by atoms with Crippen LogP contribution in [0.15, 0.2) is 22.2 Å². The Morgan fingerprint density at radius 2 is 2.00 bits per heavy atom. The van der Waals surface area contributed by atoms with Crippen molar-refractivity contribution in [3.63, 3.8) is 0 Å². The number of nitrogens with zero attached hydrogens (tertiary/aromatic N) is 4. The highest BCUT2D eigenvalue weighted by Gasteiger charge is 2.22. The van der Waals surface area contributed by atoms with Crippen LogP contribution in [0.4, 0.5) is 5.69 Å². The SMILES string of the molecule is CSc1cc2c(cc1NC(=O)CSc1nnnn1C1CCCC1)OCCO2. The van der Waals surface area contributed by atoms with Crippen LogP contribution in [0.3, 0.4) is 0 Å². The van der Waals surface area contributed by atoms with Gasteiger partial charge in [-0.05, 0) is 35.6 Å². The van der Waals surface area contributed by atoms with E-state index in [0.717, 1.165) is 23.4 Å².